The first-order valence-electron chi connectivity index (χ1n) is 6.91. The molecule has 0 bridgehead atoms. The average Bonchev–Trinajstić information content (AvgIpc) is 2.47. The summed E-state index contributed by atoms with van der Waals surface area (Å²) in [5, 5.41) is 9.08. The normalized spacial score (nSPS) is 18.0. The molecule has 0 aliphatic carbocycles. The van der Waals surface area contributed by atoms with Crippen LogP contribution in [0.2, 0.25) is 0 Å². The molecule has 1 atom stereocenters. The Hall–Kier alpha value is -2.29. The second-order valence-corrected chi connectivity index (χ2v) is 4.98. The van der Waals surface area contributed by atoms with Crippen molar-refractivity contribution in [2.75, 3.05) is 25.6 Å². The van der Waals surface area contributed by atoms with Crippen LogP contribution < -0.4 is 16.1 Å². The third-order valence-electron chi connectivity index (χ3n) is 3.28. The second-order valence-electron chi connectivity index (χ2n) is 4.98. The maximum atomic E-state index is 13.3. The Morgan fingerprint density at radius 3 is 2.74 bits per heavy atom. The number of ether oxygens (including phenoxy) is 1. The molecule has 9 heteroatoms. The van der Waals surface area contributed by atoms with Crippen molar-refractivity contribution in [2.45, 2.75) is 19.1 Å². The van der Waals surface area contributed by atoms with Gasteiger partial charge < -0.3 is 15.4 Å². The Bertz CT molecular complexity index is 617. The third kappa shape index (κ3) is 4.13. The smallest absolute Gasteiger partial charge is 0.383 e. The summed E-state index contributed by atoms with van der Waals surface area (Å²) in [7, 11) is 1.47. The fourth-order valence-electron chi connectivity index (χ4n) is 2.20. The molecule has 126 valence electrons. The van der Waals surface area contributed by atoms with Crippen LogP contribution >= 0.6 is 0 Å². The number of nitrogens with one attached hydrogen (secondary N) is 3. The summed E-state index contributed by atoms with van der Waals surface area (Å²) in [6, 6.07) is 2.91. The average molecular weight is 330 g/mol. The first kappa shape index (κ1) is 17.1. The van der Waals surface area contributed by atoms with Crippen LogP contribution in [0.4, 0.5) is 23.7 Å². The monoisotopic (exact) mass is 330 g/mol. The third-order valence-corrected chi connectivity index (χ3v) is 3.28. The van der Waals surface area contributed by atoms with Gasteiger partial charge in [-0.05, 0) is 19.1 Å². The van der Waals surface area contributed by atoms with Crippen LogP contribution in [0.15, 0.2) is 23.3 Å². The van der Waals surface area contributed by atoms with Gasteiger partial charge in [-0.15, -0.1) is 0 Å². The Balaban J connectivity index is 2.35. The SMILES string of the molecule is COCCNc1ccc(C2=NNC(=O)N[C@H]2C)cc1C(F)(F)F. The zero-order valence-electron chi connectivity index (χ0n) is 12.6. The van der Waals surface area contributed by atoms with Crippen molar-refractivity contribution in [3.05, 3.63) is 29.3 Å². The van der Waals surface area contributed by atoms with Crippen LogP contribution in [0.5, 0.6) is 0 Å². The number of halogens is 3. The van der Waals surface area contributed by atoms with E-state index in [0.717, 1.165) is 6.07 Å². The molecule has 0 unspecified atom stereocenters. The molecule has 2 amide bonds. The zero-order chi connectivity index (χ0) is 17.0. The van der Waals surface area contributed by atoms with Crippen LogP contribution in [0.25, 0.3) is 0 Å². The van der Waals surface area contributed by atoms with Gasteiger partial charge in [-0.3, -0.25) is 0 Å². The fraction of sp³-hybridized carbons (Fsp3) is 0.429. The number of alkyl halides is 3. The first-order chi connectivity index (χ1) is 10.8. The van der Waals surface area contributed by atoms with Gasteiger partial charge in [0.2, 0.25) is 0 Å². The molecule has 1 aromatic carbocycles. The largest absolute Gasteiger partial charge is 0.418 e. The maximum absolute atomic E-state index is 13.3. The fourth-order valence-corrected chi connectivity index (χ4v) is 2.20. The molecular formula is C14H17F3N4O2. The number of hydrazone groups is 1. The number of hydrogen-bond acceptors (Lipinski definition) is 4. The van der Waals surface area contributed by atoms with Crippen LogP contribution in [0, 0.1) is 0 Å². The Morgan fingerprint density at radius 2 is 2.13 bits per heavy atom. The van der Waals surface area contributed by atoms with Crippen LogP contribution in [-0.4, -0.2) is 38.0 Å². The number of rotatable bonds is 5. The van der Waals surface area contributed by atoms with E-state index in [1.807, 2.05) is 0 Å². The van der Waals surface area contributed by atoms with Crippen molar-refractivity contribution in [1.29, 1.82) is 0 Å². The summed E-state index contributed by atoms with van der Waals surface area (Å²) in [6.45, 7) is 2.20. The predicted octanol–water partition coefficient (Wildman–Crippen LogP) is 2.17. The van der Waals surface area contributed by atoms with Gasteiger partial charge in [0, 0.05) is 24.9 Å². The van der Waals surface area contributed by atoms with Crippen molar-refractivity contribution in [1.82, 2.24) is 10.7 Å². The van der Waals surface area contributed by atoms with Gasteiger partial charge in [0.1, 0.15) is 0 Å². The van der Waals surface area contributed by atoms with E-state index >= 15 is 0 Å². The van der Waals surface area contributed by atoms with Crippen LogP contribution in [-0.2, 0) is 10.9 Å². The molecule has 0 fully saturated rings. The van der Waals surface area contributed by atoms with Gasteiger partial charge in [-0.1, -0.05) is 6.07 Å². The number of carbonyl (C=O) groups excluding carboxylic acids is 1. The lowest BCUT2D eigenvalue weighted by Gasteiger charge is -2.22. The summed E-state index contributed by atoms with van der Waals surface area (Å²) in [5.74, 6) is 0. The van der Waals surface area contributed by atoms with E-state index in [1.54, 1.807) is 6.92 Å². The minimum Gasteiger partial charge on any atom is -0.383 e. The first-order valence-corrected chi connectivity index (χ1v) is 6.91. The quantitative estimate of drug-likeness (QED) is 0.724. The Kier molecular flexibility index (Phi) is 5.09. The summed E-state index contributed by atoms with van der Waals surface area (Å²) in [5.41, 5.74) is 2.00. The number of hydrogen-bond donors (Lipinski definition) is 3. The van der Waals surface area contributed by atoms with Crippen molar-refractivity contribution >= 4 is 17.4 Å². The second kappa shape index (κ2) is 6.86. The molecule has 0 radical (unpaired) electrons. The van der Waals surface area contributed by atoms with Crippen molar-refractivity contribution in [3.63, 3.8) is 0 Å². The highest BCUT2D eigenvalue weighted by molar-refractivity contribution is 6.07. The zero-order valence-corrected chi connectivity index (χ0v) is 12.6. The molecule has 23 heavy (non-hydrogen) atoms. The molecule has 0 saturated heterocycles. The van der Waals surface area contributed by atoms with Crippen LogP contribution in [0.1, 0.15) is 18.1 Å². The highest BCUT2D eigenvalue weighted by atomic mass is 19.4. The number of nitrogens with zero attached hydrogens (tertiary/aromatic N) is 1. The predicted molar refractivity (Wildman–Crippen MR) is 79.5 cm³/mol. The number of benzene rings is 1. The molecule has 1 aromatic rings. The maximum Gasteiger partial charge on any atom is 0.418 e. The highest BCUT2D eigenvalue weighted by Crippen LogP contribution is 2.35. The van der Waals surface area contributed by atoms with Gasteiger partial charge >= 0.3 is 12.2 Å². The number of methoxy groups -OCH3 is 1. The summed E-state index contributed by atoms with van der Waals surface area (Å²) in [4.78, 5) is 11.1. The van der Waals surface area contributed by atoms with Gasteiger partial charge in [0.25, 0.3) is 0 Å². The lowest BCUT2D eigenvalue weighted by Crippen LogP contribution is -2.48. The van der Waals surface area contributed by atoms with E-state index in [0.29, 0.717) is 12.3 Å². The van der Waals surface area contributed by atoms with Gasteiger partial charge in [0.05, 0.1) is 23.9 Å². The molecule has 3 N–H and O–H groups in total. The van der Waals surface area contributed by atoms with Crippen molar-refractivity contribution in [3.8, 4) is 0 Å². The molecule has 0 spiro atoms. The standard InChI is InChI=1S/C14H17F3N4O2/c1-8-12(20-21-13(22)19-8)9-3-4-11(18-5-6-23-2)10(7-9)14(15,16)17/h3-4,7-8,18H,5-6H2,1-2H3,(H2,19,21,22)/t8-/m0/s1. The molecule has 1 heterocycles. The van der Waals surface area contributed by atoms with Gasteiger partial charge in [-0.25, -0.2) is 10.2 Å². The van der Waals surface area contributed by atoms with E-state index in [2.05, 4.69) is 21.2 Å². The molecule has 1 aliphatic heterocycles. The number of anilines is 1. The van der Waals surface area contributed by atoms with E-state index in [4.69, 9.17) is 4.74 Å². The van der Waals surface area contributed by atoms with Gasteiger partial charge in [0.15, 0.2) is 0 Å². The number of carbonyl (C=O) groups is 1. The molecule has 0 saturated carbocycles. The molecular weight excluding hydrogens is 313 g/mol. The highest BCUT2D eigenvalue weighted by Gasteiger charge is 2.34. The Labute approximate surface area is 131 Å². The summed E-state index contributed by atoms with van der Waals surface area (Å²) < 4.78 is 44.6. The lowest BCUT2D eigenvalue weighted by atomic mass is 10.00. The molecule has 0 aromatic heterocycles. The number of urea groups is 1. The van der Waals surface area contributed by atoms with E-state index in [1.165, 1.54) is 19.2 Å². The molecule has 6 nitrogen and oxygen atoms in total. The number of amides is 2. The topological polar surface area (TPSA) is 74.8 Å². The minimum atomic E-state index is -4.51. The van der Waals surface area contributed by atoms with Crippen molar-refractivity contribution in [2.24, 2.45) is 5.10 Å². The van der Waals surface area contributed by atoms with E-state index in [9.17, 15) is 18.0 Å². The van der Waals surface area contributed by atoms with E-state index < -0.39 is 23.8 Å². The minimum absolute atomic E-state index is 0.0284. The Morgan fingerprint density at radius 1 is 1.39 bits per heavy atom. The van der Waals surface area contributed by atoms with Crippen molar-refractivity contribution < 1.29 is 22.7 Å². The molecule has 1 aliphatic rings. The molecule has 2 rings (SSSR count). The van der Waals surface area contributed by atoms with E-state index in [-0.39, 0.29) is 17.8 Å². The lowest BCUT2D eigenvalue weighted by molar-refractivity contribution is -0.137. The van der Waals surface area contributed by atoms with Crippen LogP contribution in [0.3, 0.4) is 0 Å². The summed E-state index contributed by atoms with van der Waals surface area (Å²) in [6.07, 6.45) is -4.51. The van der Waals surface area contributed by atoms with Gasteiger partial charge in [-0.2, -0.15) is 18.3 Å². The summed E-state index contributed by atoms with van der Waals surface area (Å²) >= 11 is 0.